The van der Waals surface area contributed by atoms with Crippen molar-refractivity contribution in [1.82, 2.24) is 9.80 Å². The van der Waals surface area contributed by atoms with Crippen LogP contribution in [0.4, 0.5) is 5.69 Å². The molecule has 0 spiro atoms. The lowest BCUT2D eigenvalue weighted by atomic mass is 10.0. The average Bonchev–Trinajstić information content (AvgIpc) is 2.75. The minimum absolute atomic E-state index is 0.0333. The zero-order valence-electron chi connectivity index (χ0n) is 17.3. The number of amidine groups is 1. The maximum atomic E-state index is 13.2. The monoisotopic (exact) mass is 408 g/mol. The lowest BCUT2D eigenvalue weighted by Crippen LogP contribution is -2.48. The van der Waals surface area contributed by atoms with Crippen molar-refractivity contribution in [3.8, 4) is 11.5 Å². The smallest absolute Gasteiger partial charge is 0.259 e. The van der Waals surface area contributed by atoms with Crippen LogP contribution in [0.25, 0.3) is 0 Å². The summed E-state index contributed by atoms with van der Waals surface area (Å²) in [7, 11) is 3.66. The molecule has 1 saturated heterocycles. The number of piperidine rings is 1. The van der Waals surface area contributed by atoms with Crippen molar-refractivity contribution in [1.29, 1.82) is 5.41 Å². The molecular formula is C23H28N4O3. The number of phenolic OH excluding ortho intramolecular Hbond substituents is 1. The molecule has 2 aromatic carbocycles. The molecule has 3 N–H and O–H groups in total. The Labute approximate surface area is 177 Å². The van der Waals surface area contributed by atoms with Gasteiger partial charge >= 0.3 is 0 Å². The van der Waals surface area contributed by atoms with Gasteiger partial charge in [-0.25, -0.2) is 0 Å². The number of anilines is 1. The molecule has 0 unspecified atom stereocenters. The normalized spacial score (nSPS) is 15.1. The van der Waals surface area contributed by atoms with Crippen molar-refractivity contribution in [2.75, 3.05) is 32.6 Å². The lowest BCUT2D eigenvalue weighted by molar-refractivity contribution is 0.0748. The Balaban J connectivity index is 1.78. The quantitative estimate of drug-likeness (QED) is 0.503. The molecule has 0 aliphatic carbocycles. The van der Waals surface area contributed by atoms with Gasteiger partial charge in [0.15, 0.2) is 0 Å². The van der Waals surface area contributed by atoms with Crippen LogP contribution in [0.1, 0.15) is 23.2 Å². The first-order valence-electron chi connectivity index (χ1n) is 9.95. The molecule has 1 amide bonds. The number of aromatic hydroxyl groups is 1. The number of methoxy groups -OCH3 is 1. The van der Waals surface area contributed by atoms with Gasteiger partial charge in [0.05, 0.1) is 7.11 Å². The van der Waals surface area contributed by atoms with Crippen LogP contribution >= 0.6 is 0 Å². The molecule has 7 heteroatoms. The molecule has 7 nitrogen and oxygen atoms in total. The van der Waals surface area contributed by atoms with E-state index in [1.807, 2.05) is 24.3 Å². The Bertz CT molecular complexity index is 920. The van der Waals surface area contributed by atoms with Gasteiger partial charge in [-0.15, -0.1) is 0 Å². The van der Waals surface area contributed by atoms with E-state index in [-0.39, 0.29) is 23.5 Å². The van der Waals surface area contributed by atoms with Gasteiger partial charge in [-0.2, -0.15) is 0 Å². The molecule has 0 radical (unpaired) electrons. The van der Waals surface area contributed by atoms with Crippen LogP contribution in [0.5, 0.6) is 11.5 Å². The van der Waals surface area contributed by atoms with Gasteiger partial charge in [0.2, 0.25) is 0 Å². The third-order valence-corrected chi connectivity index (χ3v) is 5.19. The van der Waals surface area contributed by atoms with Gasteiger partial charge < -0.3 is 20.1 Å². The van der Waals surface area contributed by atoms with E-state index in [0.29, 0.717) is 5.56 Å². The molecule has 30 heavy (non-hydrogen) atoms. The highest BCUT2D eigenvalue weighted by atomic mass is 16.5. The number of carbonyl (C=O) groups is 1. The summed E-state index contributed by atoms with van der Waals surface area (Å²) in [5.41, 5.74) is 1.19. The van der Waals surface area contributed by atoms with Crippen LogP contribution in [-0.2, 0) is 0 Å². The molecular weight excluding hydrogens is 380 g/mol. The second-order valence-corrected chi connectivity index (χ2v) is 7.35. The Morgan fingerprint density at radius 1 is 1.23 bits per heavy atom. The molecule has 0 aromatic heterocycles. The summed E-state index contributed by atoms with van der Waals surface area (Å²) in [6, 6.07) is 13.7. The fourth-order valence-corrected chi connectivity index (χ4v) is 3.51. The molecule has 158 valence electrons. The van der Waals surface area contributed by atoms with E-state index in [1.54, 1.807) is 31.5 Å². The Kier molecular flexibility index (Phi) is 7.08. The minimum atomic E-state index is -0.281. The topological polar surface area (TPSA) is 88.9 Å². The molecule has 0 saturated carbocycles. The molecule has 1 aliphatic rings. The summed E-state index contributed by atoms with van der Waals surface area (Å²) in [6.45, 7) is 1.74. The van der Waals surface area contributed by atoms with Crippen molar-refractivity contribution in [2.45, 2.75) is 18.9 Å². The van der Waals surface area contributed by atoms with E-state index in [4.69, 9.17) is 10.1 Å². The van der Waals surface area contributed by atoms with E-state index >= 15 is 0 Å². The standard InChI is InChI=1S/C23H28N4O3/c1-26-13-10-19(11-14-26)27(23(29)17-5-3-7-20(28)15-17)22(24)9-12-25-18-6-4-8-21(16-18)30-2/h3-9,12,15-16,19,24-25,28H,10-11,13-14H2,1-2H3/b12-9-,24-22?. The number of rotatable bonds is 6. The van der Waals surface area contributed by atoms with Gasteiger partial charge in [-0.05, 0) is 69.4 Å². The summed E-state index contributed by atoms with van der Waals surface area (Å²) in [4.78, 5) is 17.0. The second kappa shape index (κ2) is 9.93. The van der Waals surface area contributed by atoms with E-state index in [2.05, 4.69) is 17.3 Å². The first kappa shape index (κ1) is 21.4. The van der Waals surface area contributed by atoms with Crippen LogP contribution in [-0.4, -0.2) is 59.9 Å². The van der Waals surface area contributed by atoms with Crippen LogP contribution in [0, 0.1) is 5.41 Å². The van der Waals surface area contributed by atoms with E-state index in [0.717, 1.165) is 37.4 Å². The van der Waals surface area contributed by atoms with E-state index in [9.17, 15) is 9.90 Å². The third-order valence-electron chi connectivity index (χ3n) is 5.19. The lowest BCUT2D eigenvalue weighted by Gasteiger charge is -2.36. The zero-order chi connectivity index (χ0) is 21.5. The molecule has 0 bridgehead atoms. The molecule has 3 rings (SSSR count). The fraction of sp³-hybridized carbons (Fsp3) is 0.304. The Hall–Kier alpha value is -3.32. The molecule has 0 atom stereocenters. The number of amides is 1. The van der Waals surface area contributed by atoms with Crippen LogP contribution in [0.15, 0.2) is 60.8 Å². The Morgan fingerprint density at radius 3 is 2.67 bits per heavy atom. The van der Waals surface area contributed by atoms with Gasteiger partial charge in [-0.3, -0.25) is 15.1 Å². The van der Waals surface area contributed by atoms with Crippen molar-refractivity contribution in [2.24, 2.45) is 0 Å². The van der Waals surface area contributed by atoms with Crippen molar-refractivity contribution in [3.05, 3.63) is 66.4 Å². The number of hydrogen-bond acceptors (Lipinski definition) is 6. The highest BCUT2D eigenvalue weighted by Crippen LogP contribution is 2.21. The number of nitrogens with zero attached hydrogens (tertiary/aromatic N) is 2. The first-order chi connectivity index (χ1) is 14.5. The highest BCUT2D eigenvalue weighted by Gasteiger charge is 2.30. The van der Waals surface area contributed by atoms with Crippen LogP contribution < -0.4 is 10.1 Å². The summed E-state index contributed by atoms with van der Waals surface area (Å²) in [5, 5.41) is 21.5. The number of likely N-dealkylation sites (tertiary alicyclic amines) is 1. The van der Waals surface area contributed by atoms with Gasteiger partial charge in [0, 0.05) is 29.6 Å². The summed E-state index contributed by atoms with van der Waals surface area (Å²) < 4.78 is 5.21. The average molecular weight is 409 g/mol. The maximum absolute atomic E-state index is 13.2. The first-order valence-corrected chi connectivity index (χ1v) is 9.95. The van der Waals surface area contributed by atoms with Crippen molar-refractivity contribution in [3.63, 3.8) is 0 Å². The number of phenols is 1. The van der Waals surface area contributed by atoms with Crippen molar-refractivity contribution >= 4 is 17.4 Å². The molecule has 2 aromatic rings. The summed E-state index contributed by atoms with van der Waals surface area (Å²) in [6.07, 6.45) is 4.81. The number of benzene rings is 2. The number of carbonyl (C=O) groups excluding carboxylic acids is 1. The predicted molar refractivity (Wildman–Crippen MR) is 118 cm³/mol. The van der Waals surface area contributed by atoms with Crippen LogP contribution in [0.3, 0.4) is 0 Å². The number of ether oxygens (including phenoxy) is 1. The van der Waals surface area contributed by atoms with E-state index < -0.39 is 0 Å². The molecule has 1 fully saturated rings. The maximum Gasteiger partial charge on any atom is 0.259 e. The zero-order valence-corrected chi connectivity index (χ0v) is 17.3. The fourth-order valence-electron chi connectivity index (χ4n) is 3.51. The predicted octanol–water partition coefficient (Wildman–Crippen LogP) is 3.54. The third kappa shape index (κ3) is 5.39. The largest absolute Gasteiger partial charge is 0.508 e. The summed E-state index contributed by atoms with van der Waals surface area (Å²) in [5.74, 6) is 0.589. The SMILES string of the molecule is COc1cccc(N/C=C\C(=N)N(C(=O)c2cccc(O)c2)C2CCN(C)CC2)c1. The van der Waals surface area contributed by atoms with Crippen LogP contribution in [0.2, 0.25) is 0 Å². The van der Waals surface area contributed by atoms with Gasteiger partial charge in [0.1, 0.15) is 17.3 Å². The molecule has 1 heterocycles. The molecule has 1 aliphatic heterocycles. The number of hydrogen-bond donors (Lipinski definition) is 3. The second-order valence-electron chi connectivity index (χ2n) is 7.35. The summed E-state index contributed by atoms with van der Waals surface area (Å²) >= 11 is 0. The highest BCUT2D eigenvalue weighted by molar-refractivity contribution is 6.09. The van der Waals surface area contributed by atoms with Gasteiger partial charge in [0.25, 0.3) is 5.91 Å². The van der Waals surface area contributed by atoms with E-state index in [1.165, 1.54) is 17.0 Å². The number of nitrogens with one attached hydrogen (secondary N) is 2. The van der Waals surface area contributed by atoms with Gasteiger partial charge in [-0.1, -0.05) is 12.1 Å². The Morgan fingerprint density at radius 2 is 1.97 bits per heavy atom. The minimum Gasteiger partial charge on any atom is -0.508 e. The van der Waals surface area contributed by atoms with Crippen molar-refractivity contribution < 1.29 is 14.6 Å².